The Morgan fingerprint density at radius 2 is 2.00 bits per heavy atom. The smallest absolute Gasteiger partial charge is 0.0623 e. The van der Waals surface area contributed by atoms with Gasteiger partial charge in [0.1, 0.15) is 0 Å². The maximum Gasteiger partial charge on any atom is 0.0623 e. The Kier molecular flexibility index (Phi) is 8.10. The molecule has 2 heterocycles. The Labute approximate surface area is 148 Å². The zero-order valence-electron chi connectivity index (χ0n) is 14.9. The van der Waals surface area contributed by atoms with Crippen molar-refractivity contribution in [2.24, 2.45) is 11.8 Å². The Bertz CT molecular complexity index is 330. The highest BCUT2D eigenvalue weighted by Crippen LogP contribution is 2.29. The summed E-state index contributed by atoms with van der Waals surface area (Å²) in [5.74, 6) is 1.68. The molecule has 0 aromatic heterocycles. The number of rotatable bonds is 5. The molecule has 0 aromatic rings. The van der Waals surface area contributed by atoms with E-state index < -0.39 is 0 Å². The topological polar surface area (TPSA) is 36.5 Å². The fourth-order valence-electron chi connectivity index (χ4n) is 4.50. The van der Waals surface area contributed by atoms with Crippen molar-refractivity contribution < 1.29 is 4.74 Å². The molecule has 2 saturated heterocycles. The van der Waals surface area contributed by atoms with Crippen molar-refractivity contribution in [2.75, 3.05) is 39.4 Å². The van der Waals surface area contributed by atoms with Gasteiger partial charge in [-0.1, -0.05) is 13.3 Å². The van der Waals surface area contributed by atoms with Crippen LogP contribution in [0.4, 0.5) is 0 Å². The third kappa shape index (κ3) is 5.30. The van der Waals surface area contributed by atoms with Gasteiger partial charge in [-0.25, -0.2) is 0 Å². The van der Waals surface area contributed by atoms with Gasteiger partial charge in [0, 0.05) is 31.2 Å². The molecule has 0 spiro atoms. The molecule has 1 aliphatic carbocycles. The van der Waals surface area contributed by atoms with Gasteiger partial charge in [-0.05, 0) is 57.5 Å². The lowest BCUT2D eigenvalue weighted by molar-refractivity contribution is 0.0516. The van der Waals surface area contributed by atoms with Crippen molar-refractivity contribution in [3.63, 3.8) is 0 Å². The maximum absolute atomic E-state index is 5.68. The van der Waals surface area contributed by atoms with Crippen molar-refractivity contribution in [3.05, 3.63) is 0 Å². The SMILES string of the molecule is CC1CCN(C(C)CNC2CCCC2C2COCCN2)CC1.Cl. The van der Waals surface area contributed by atoms with Gasteiger partial charge in [0.05, 0.1) is 13.2 Å². The van der Waals surface area contributed by atoms with Gasteiger partial charge in [0.15, 0.2) is 0 Å². The monoisotopic (exact) mass is 345 g/mol. The minimum atomic E-state index is 0. The van der Waals surface area contributed by atoms with E-state index in [-0.39, 0.29) is 12.4 Å². The van der Waals surface area contributed by atoms with Crippen molar-refractivity contribution in [1.82, 2.24) is 15.5 Å². The van der Waals surface area contributed by atoms with Crippen molar-refractivity contribution in [2.45, 2.75) is 64.1 Å². The summed E-state index contributed by atoms with van der Waals surface area (Å²) in [7, 11) is 0. The van der Waals surface area contributed by atoms with E-state index >= 15 is 0 Å². The lowest BCUT2D eigenvalue weighted by Gasteiger charge is -2.37. The summed E-state index contributed by atoms with van der Waals surface area (Å²) in [6.45, 7) is 11.3. The van der Waals surface area contributed by atoms with Gasteiger partial charge in [0.2, 0.25) is 0 Å². The summed E-state index contributed by atoms with van der Waals surface area (Å²) < 4.78 is 5.68. The van der Waals surface area contributed by atoms with Crippen LogP contribution >= 0.6 is 12.4 Å². The average Bonchev–Trinajstić information content (AvgIpc) is 3.02. The van der Waals surface area contributed by atoms with Gasteiger partial charge in [0.25, 0.3) is 0 Å². The Hall–Kier alpha value is 0.130. The van der Waals surface area contributed by atoms with Crippen LogP contribution in [0.5, 0.6) is 0 Å². The predicted molar refractivity (Wildman–Crippen MR) is 98.4 cm³/mol. The van der Waals surface area contributed by atoms with Crippen LogP contribution < -0.4 is 10.6 Å². The van der Waals surface area contributed by atoms with Gasteiger partial charge in [-0.2, -0.15) is 0 Å². The Morgan fingerprint density at radius 1 is 1.22 bits per heavy atom. The first-order chi connectivity index (χ1) is 10.7. The Balaban J connectivity index is 0.00000192. The third-order valence-corrected chi connectivity index (χ3v) is 6.15. The first-order valence-electron chi connectivity index (χ1n) is 9.52. The average molecular weight is 346 g/mol. The highest BCUT2D eigenvalue weighted by molar-refractivity contribution is 5.85. The molecule has 4 unspecified atom stereocenters. The van der Waals surface area contributed by atoms with E-state index in [0.29, 0.717) is 18.1 Å². The molecule has 4 nitrogen and oxygen atoms in total. The van der Waals surface area contributed by atoms with Crippen LogP contribution in [-0.2, 0) is 4.74 Å². The minimum absolute atomic E-state index is 0. The van der Waals surface area contributed by atoms with E-state index in [4.69, 9.17) is 4.74 Å². The number of piperidine rings is 1. The largest absolute Gasteiger partial charge is 0.379 e. The van der Waals surface area contributed by atoms with Crippen LogP contribution in [-0.4, -0.2) is 62.4 Å². The summed E-state index contributed by atoms with van der Waals surface area (Å²) in [6, 6.07) is 1.93. The summed E-state index contributed by atoms with van der Waals surface area (Å²) in [4.78, 5) is 2.68. The second-order valence-corrected chi connectivity index (χ2v) is 7.81. The molecular weight excluding hydrogens is 310 g/mol. The summed E-state index contributed by atoms with van der Waals surface area (Å²) in [5.41, 5.74) is 0. The molecule has 3 fully saturated rings. The number of halogens is 1. The van der Waals surface area contributed by atoms with E-state index in [1.807, 2.05) is 0 Å². The first kappa shape index (κ1) is 19.5. The third-order valence-electron chi connectivity index (χ3n) is 6.15. The molecule has 0 radical (unpaired) electrons. The zero-order valence-corrected chi connectivity index (χ0v) is 15.7. The van der Waals surface area contributed by atoms with Crippen molar-refractivity contribution >= 4 is 12.4 Å². The van der Waals surface area contributed by atoms with Crippen LogP contribution in [0.15, 0.2) is 0 Å². The van der Waals surface area contributed by atoms with E-state index in [2.05, 4.69) is 29.4 Å². The first-order valence-corrected chi connectivity index (χ1v) is 9.52. The van der Waals surface area contributed by atoms with Crippen LogP contribution in [0.2, 0.25) is 0 Å². The lowest BCUT2D eigenvalue weighted by atomic mass is 9.93. The molecule has 3 aliphatic rings. The molecular formula is C18H36ClN3O. The molecule has 4 atom stereocenters. The predicted octanol–water partition coefficient (Wildman–Crippen LogP) is 2.28. The van der Waals surface area contributed by atoms with Crippen LogP contribution in [0.25, 0.3) is 0 Å². The fraction of sp³-hybridized carbons (Fsp3) is 1.00. The molecule has 0 aromatic carbocycles. The number of hydrogen-bond donors (Lipinski definition) is 2. The zero-order chi connectivity index (χ0) is 15.4. The van der Waals surface area contributed by atoms with Gasteiger partial charge >= 0.3 is 0 Å². The van der Waals surface area contributed by atoms with Crippen molar-refractivity contribution in [3.8, 4) is 0 Å². The van der Waals surface area contributed by atoms with Gasteiger partial charge in [-0.3, -0.25) is 4.90 Å². The highest BCUT2D eigenvalue weighted by Gasteiger charge is 2.34. The lowest BCUT2D eigenvalue weighted by Crippen LogP contribution is -2.53. The minimum Gasteiger partial charge on any atom is -0.379 e. The second-order valence-electron chi connectivity index (χ2n) is 7.81. The maximum atomic E-state index is 5.68. The van der Waals surface area contributed by atoms with E-state index in [1.54, 1.807) is 0 Å². The van der Waals surface area contributed by atoms with E-state index in [1.165, 1.54) is 45.2 Å². The molecule has 2 N–H and O–H groups in total. The molecule has 136 valence electrons. The second kappa shape index (κ2) is 9.57. The Morgan fingerprint density at radius 3 is 2.70 bits per heavy atom. The van der Waals surface area contributed by atoms with Crippen LogP contribution in [0.1, 0.15) is 46.0 Å². The van der Waals surface area contributed by atoms with Crippen LogP contribution in [0, 0.1) is 11.8 Å². The van der Waals surface area contributed by atoms with Crippen molar-refractivity contribution in [1.29, 1.82) is 0 Å². The molecule has 2 aliphatic heterocycles. The number of morpholine rings is 1. The molecule has 0 bridgehead atoms. The number of ether oxygens (including phenoxy) is 1. The molecule has 5 heteroatoms. The summed E-state index contributed by atoms with van der Waals surface area (Å²) in [5, 5.41) is 7.57. The number of hydrogen-bond acceptors (Lipinski definition) is 4. The normalized spacial score (nSPS) is 35.0. The highest BCUT2D eigenvalue weighted by atomic mass is 35.5. The quantitative estimate of drug-likeness (QED) is 0.801. The van der Waals surface area contributed by atoms with Crippen LogP contribution in [0.3, 0.4) is 0 Å². The molecule has 3 rings (SSSR count). The van der Waals surface area contributed by atoms with Gasteiger partial charge < -0.3 is 15.4 Å². The molecule has 23 heavy (non-hydrogen) atoms. The van der Waals surface area contributed by atoms with E-state index in [0.717, 1.165) is 38.1 Å². The number of likely N-dealkylation sites (tertiary alicyclic amines) is 1. The fourth-order valence-corrected chi connectivity index (χ4v) is 4.50. The molecule has 0 amide bonds. The number of nitrogens with zero attached hydrogens (tertiary/aromatic N) is 1. The standard InChI is InChI=1S/C18H35N3O.ClH/c1-14-6-9-21(10-7-14)15(2)12-20-17-5-3-4-16(17)18-13-22-11-8-19-18;/h14-20H,3-13H2,1-2H3;1H. The molecule has 1 saturated carbocycles. The summed E-state index contributed by atoms with van der Waals surface area (Å²) >= 11 is 0. The van der Waals surface area contributed by atoms with E-state index in [9.17, 15) is 0 Å². The number of nitrogens with one attached hydrogen (secondary N) is 2. The van der Waals surface area contributed by atoms with Gasteiger partial charge in [-0.15, -0.1) is 12.4 Å². The summed E-state index contributed by atoms with van der Waals surface area (Å²) in [6.07, 6.45) is 6.82.